The summed E-state index contributed by atoms with van der Waals surface area (Å²) in [5, 5.41) is 4.75. The van der Waals surface area contributed by atoms with Gasteiger partial charge in [0, 0.05) is 17.4 Å². The highest BCUT2D eigenvalue weighted by Gasteiger charge is 2.15. The fourth-order valence-corrected chi connectivity index (χ4v) is 2.24. The molecule has 0 fully saturated rings. The molecule has 0 atom stereocenters. The van der Waals surface area contributed by atoms with Gasteiger partial charge in [-0.05, 0) is 37.3 Å². The zero-order valence-corrected chi connectivity index (χ0v) is 13.9. The van der Waals surface area contributed by atoms with Crippen molar-refractivity contribution in [1.29, 1.82) is 0 Å². The van der Waals surface area contributed by atoms with Crippen molar-refractivity contribution in [2.45, 2.75) is 6.92 Å². The second-order valence-corrected chi connectivity index (χ2v) is 5.52. The molecule has 0 bridgehead atoms. The summed E-state index contributed by atoms with van der Waals surface area (Å²) in [5.41, 5.74) is -0.231. The van der Waals surface area contributed by atoms with Gasteiger partial charge in [0.2, 0.25) is 5.95 Å². The number of carbonyl (C=O) groups excluding carboxylic acids is 1. The molecule has 2 N–H and O–H groups in total. The second kappa shape index (κ2) is 7.40. The fourth-order valence-electron chi connectivity index (χ4n) is 2.24. The van der Waals surface area contributed by atoms with Gasteiger partial charge in [-0.3, -0.25) is 4.79 Å². The van der Waals surface area contributed by atoms with Crippen molar-refractivity contribution < 1.29 is 22.4 Å². The first-order chi connectivity index (χ1) is 12.8. The van der Waals surface area contributed by atoms with Crippen LogP contribution in [0.1, 0.15) is 16.2 Å². The number of benzene rings is 2. The number of aryl methyl sites for hydroxylation is 1. The maximum absolute atomic E-state index is 13.8. The number of para-hydroxylation sites is 1. The molecule has 1 amide bonds. The van der Waals surface area contributed by atoms with E-state index in [1.165, 1.54) is 18.2 Å². The van der Waals surface area contributed by atoms with Gasteiger partial charge in [-0.25, -0.2) is 27.5 Å². The number of rotatable bonds is 4. The average Bonchev–Trinajstić information content (AvgIpc) is 2.61. The van der Waals surface area contributed by atoms with Gasteiger partial charge in [0.15, 0.2) is 11.6 Å². The maximum atomic E-state index is 13.8. The Balaban J connectivity index is 1.86. The number of amides is 1. The normalized spacial score (nSPS) is 10.6. The van der Waals surface area contributed by atoms with Crippen molar-refractivity contribution >= 4 is 23.2 Å². The van der Waals surface area contributed by atoms with E-state index in [4.69, 9.17) is 0 Å². The SMILES string of the molecule is Cc1cc(C(=O)Nc2ccc(F)c(F)c2)nc(Nc2c(F)cccc2F)n1. The number of nitrogens with zero attached hydrogens (tertiary/aromatic N) is 2. The van der Waals surface area contributed by atoms with Crippen LogP contribution in [0.15, 0.2) is 42.5 Å². The molecule has 2 aromatic carbocycles. The highest BCUT2D eigenvalue weighted by Crippen LogP contribution is 2.22. The van der Waals surface area contributed by atoms with E-state index in [0.717, 1.165) is 24.3 Å². The number of hydrogen-bond donors (Lipinski definition) is 2. The van der Waals surface area contributed by atoms with Gasteiger partial charge in [0.1, 0.15) is 23.0 Å². The van der Waals surface area contributed by atoms with Crippen LogP contribution in [0.3, 0.4) is 0 Å². The Morgan fingerprint density at radius 2 is 1.59 bits per heavy atom. The molecule has 0 aliphatic rings. The van der Waals surface area contributed by atoms with Gasteiger partial charge in [-0.2, -0.15) is 0 Å². The summed E-state index contributed by atoms with van der Waals surface area (Å²) < 4.78 is 53.7. The first kappa shape index (κ1) is 18.3. The Hall–Kier alpha value is -3.49. The van der Waals surface area contributed by atoms with Crippen molar-refractivity contribution in [1.82, 2.24) is 9.97 Å². The molecule has 3 aromatic rings. The molecule has 5 nitrogen and oxygen atoms in total. The summed E-state index contributed by atoms with van der Waals surface area (Å²) in [6.07, 6.45) is 0. The van der Waals surface area contributed by atoms with Crippen molar-refractivity contribution in [3.8, 4) is 0 Å². The molecule has 9 heteroatoms. The third-order valence-electron chi connectivity index (χ3n) is 3.46. The van der Waals surface area contributed by atoms with E-state index in [9.17, 15) is 22.4 Å². The second-order valence-electron chi connectivity index (χ2n) is 5.52. The van der Waals surface area contributed by atoms with Crippen molar-refractivity contribution in [2.24, 2.45) is 0 Å². The van der Waals surface area contributed by atoms with Gasteiger partial charge in [-0.15, -0.1) is 0 Å². The van der Waals surface area contributed by atoms with Crippen LogP contribution in [-0.4, -0.2) is 15.9 Å². The lowest BCUT2D eigenvalue weighted by atomic mass is 10.2. The summed E-state index contributed by atoms with van der Waals surface area (Å²) in [6, 6.07) is 7.50. The summed E-state index contributed by atoms with van der Waals surface area (Å²) in [5.74, 6) is -4.81. The highest BCUT2D eigenvalue weighted by molar-refractivity contribution is 6.03. The van der Waals surface area contributed by atoms with Crippen LogP contribution in [0.2, 0.25) is 0 Å². The summed E-state index contributed by atoms with van der Waals surface area (Å²) in [6.45, 7) is 1.55. The van der Waals surface area contributed by atoms with E-state index in [2.05, 4.69) is 20.6 Å². The molecule has 0 saturated carbocycles. The molecule has 0 saturated heterocycles. The molecule has 0 unspecified atom stereocenters. The Kier molecular flexibility index (Phi) is 5.02. The smallest absolute Gasteiger partial charge is 0.274 e. The van der Waals surface area contributed by atoms with E-state index in [1.807, 2.05) is 0 Å². The van der Waals surface area contributed by atoms with Crippen LogP contribution < -0.4 is 10.6 Å². The van der Waals surface area contributed by atoms with Crippen LogP contribution in [-0.2, 0) is 0 Å². The molecular formula is C18H12F4N4O. The first-order valence-corrected chi connectivity index (χ1v) is 7.66. The van der Waals surface area contributed by atoms with E-state index in [1.54, 1.807) is 6.92 Å². The van der Waals surface area contributed by atoms with Crippen LogP contribution in [0.4, 0.5) is 34.9 Å². The highest BCUT2D eigenvalue weighted by atomic mass is 19.2. The number of halogens is 4. The predicted molar refractivity (Wildman–Crippen MR) is 90.7 cm³/mol. The quantitative estimate of drug-likeness (QED) is 0.665. The summed E-state index contributed by atoms with van der Waals surface area (Å²) >= 11 is 0. The third kappa shape index (κ3) is 4.20. The largest absolute Gasteiger partial charge is 0.321 e. The zero-order valence-electron chi connectivity index (χ0n) is 13.9. The minimum Gasteiger partial charge on any atom is -0.321 e. The van der Waals surface area contributed by atoms with Gasteiger partial charge in [0.05, 0.1) is 0 Å². The van der Waals surface area contributed by atoms with E-state index in [-0.39, 0.29) is 17.3 Å². The third-order valence-corrected chi connectivity index (χ3v) is 3.46. The number of nitrogens with one attached hydrogen (secondary N) is 2. The fraction of sp³-hybridized carbons (Fsp3) is 0.0556. The van der Waals surface area contributed by atoms with Crippen LogP contribution >= 0.6 is 0 Å². The zero-order chi connectivity index (χ0) is 19.6. The van der Waals surface area contributed by atoms with E-state index < -0.39 is 34.9 Å². The molecule has 0 aliphatic carbocycles. The Labute approximate surface area is 151 Å². The first-order valence-electron chi connectivity index (χ1n) is 7.66. The molecule has 3 rings (SSSR count). The Morgan fingerprint density at radius 3 is 2.26 bits per heavy atom. The van der Waals surface area contributed by atoms with Gasteiger partial charge >= 0.3 is 0 Å². The van der Waals surface area contributed by atoms with Gasteiger partial charge in [0.25, 0.3) is 5.91 Å². The van der Waals surface area contributed by atoms with Crippen LogP contribution in [0.25, 0.3) is 0 Å². The van der Waals surface area contributed by atoms with Crippen molar-refractivity contribution in [3.63, 3.8) is 0 Å². The lowest BCUT2D eigenvalue weighted by molar-refractivity contribution is 0.102. The lowest BCUT2D eigenvalue weighted by Crippen LogP contribution is -2.16. The summed E-state index contributed by atoms with van der Waals surface area (Å²) in [4.78, 5) is 20.2. The Bertz CT molecular complexity index is 1010. The number of carbonyl (C=O) groups is 1. The number of aromatic nitrogens is 2. The molecule has 27 heavy (non-hydrogen) atoms. The lowest BCUT2D eigenvalue weighted by Gasteiger charge is -2.10. The minimum atomic E-state index is -1.12. The van der Waals surface area contributed by atoms with Crippen LogP contribution in [0, 0.1) is 30.2 Å². The van der Waals surface area contributed by atoms with Crippen LogP contribution in [0.5, 0.6) is 0 Å². The maximum Gasteiger partial charge on any atom is 0.274 e. The number of hydrogen-bond acceptors (Lipinski definition) is 4. The van der Waals surface area contributed by atoms with E-state index >= 15 is 0 Å². The molecular weight excluding hydrogens is 364 g/mol. The predicted octanol–water partition coefficient (Wildman–Crippen LogP) is 4.34. The topological polar surface area (TPSA) is 66.9 Å². The molecule has 0 spiro atoms. The molecule has 0 radical (unpaired) electrons. The average molecular weight is 376 g/mol. The molecule has 1 aromatic heterocycles. The van der Waals surface area contributed by atoms with Crippen molar-refractivity contribution in [3.05, 3.63) is 77.1 Å². The van der Waals surface area contributed by atoms with Crippen molar-refractivity contribution in [2.75, 3.05) is 10.6 Å². The molecule has 138 valence electrons. The molecule has 0 aliphatic heterocycles. The monoisotopic (exact) mass is 376 g/mol. The van der Waals surface area contributed by atoms with Gasteiger partial charge in [-0.1, -0.05) is 6.07 Å². The number of anilines is 3. The summed E-state index contributed by atoms with van der Waals surface area (Å²) in [7, 11) is 0. The van der Waals surface area contributed by atoms with E-state index in [0.29, 0.717) is 5.69 Å². The standard InChI is InChI=1S/C18H12F4N4O/c1-9-7-15(17(27)24-10-5-6-11(19)14(22)8-10)25-18(23-9)26-16-12(20)3-2-4-13(16)21/h2-8H,1H3,(H,24,27)(H,23,25,26). The van der Waals surface area contributed by atoms with Gasteiger partial charge < -0.3 is 10.6 Å². The minimum absolute atomic E-state index is 0.0184. The molecule has 1 heterocycles. The Morgan fingerprint density at radius 1 is 0.889 bits per heavy atom.